The lowest BCUT2D eigenvalue weighted by Gasteiger charge is -2.11. The molecular weight excluding hydrogens is 390 g/mol. The maximum absolute atomic E-state index is 13.3. The highest BCUT2D eigenvalue weighted by molar-refractivity contribution is 5.90. The number of fused-ring (bicyclic) bond motifs is 1. The van der Waals surface area contributed by atoms with Gasteiger partial charge >= 0.3 is 12.4 Å². The Kier molecular flexibility index (Phi) is 5.55. The fourth-order valence-electron chi connectivity index (χ4n) is 2.47. The van der Waals surface area contributed by atoms with Crippen LogP contribution < -0.4 is 11.5 Å². The molecule has 4 N–H and O–H groups in total. The van der Waals surface area contributed by atoms with Crippen molar-refractivity contribution in [3.8, 4) is 5.69 Å². The summed E-state index contributed by atoms with van der Waals surface area (Å²) in [6.45, 7) is 3.41. The van der Waals surface area contributed by atoms with Gasteiger partial charge in [0.25, 0.3) is 0 Å². The molecule has 28 heavy (non-hydrogen) atoms. The summed E-state index contributed by atoms with van der Waals surface area (Å²) in [5.41, 5.74) is 9.45. The normalized spacial score (nSPS) is 12.1. The zero-order valence-corrected chi connectivity index (χ0v) is 14.9. The molecule has 3 rings (SSSR count). The Balaban J connectivity index is 0.00000136. The molecule has 12 heteroatoms. The largest absolute Gasteiger partial charge is 0.451 e. The van der Waals surface area contributed by atoms with Gasteiger partial charge in [-0.15, -0.1) is 5.10 Å². The molecule has 0 bridgehead atoms. The molecule has 0 aliphatic carbocycles. The van der Waals surface area contributed by atoms with E-state index in [2.05, 4.69) is 20.8 Å². The Bertz CT molecular complexity index is 1010. The van der Waals surface area contributed by atoms with Crippen LogP contribution in [0.3, 0.4) is 0 Å². The van der Waals surface area contributed by atoms with Gasteiger partial charge in [0.2, 0.25) is 5.82 Å². The van der Waals surface area contributed by atoms with Crippen LogP contribution in [0.25, 0.3) is 16.7 Å². The smallest absolute Gasteiger partial charge is 0.383 e. The molecule has 2 aromatic heterocycles. The third-order valence-corrected chi connectivity index (χ3v) is 3.68. The van der Waals surface area contributed by atoms with E-state index in [1.807, 2.05) is 0 Å². The van der Waals surface area contributed by atoms with Gasteiger partial charge in [-0.3, -0.25) is 0 Å². The molecule has 0 unspecified atom stereocenters. The summed E-state index contributed by atoms with van der Waals surface area (Å²) >= 11 is 0. The van der Waals surface area contributed by atoms with Gasteiger partial charge in [0.05, 0.1) is 11.1 Å². The molecule has 0 aliphatic rings. The van der Waals surface area contributed by atoms with Crippen molar-refractivity contribution in [2.75, 3.05) is 12.8 Å². The van der Waals surface area contributed by atoms with E-state index in [0.29, 0.717) is 11.3 Å². The van der Waals surface area contributed by atoms with Crippen molar-refractivity contribution in [2.45, 2.75) is 26.2 Å². The van der Waals surface area contributed by atoms with Crippen molar-refractivity contribution in [3.05, 3.63) is 40.8 Å². The Morgan fingerprint density at radius 3 is 2.07 bits per heavy atom. The number of nitrogens with zero attached hydrogens (tertiary/aromatic N) is 4. The molecule has 0 saturated heterocycles. The zero-order chi connectivity index (χ0) is 21.4. The summed E-state index contributed by atoms with van der Waals surface area (Å²) < 4.78 is 79.4. The molecule has 152 valence electrons. The molecule has 2 heterocycles. The van der Waals surface area contributed by atoms with Crippen LogP contribution in [0.4, 0.5) is 32.2 Å². The van der Waals surface area contributed by atoms with Crippen LogP contribution in [0, 0.1) is 13.8 Å². The highest BCUT2D eigenvalue weighted by Gasteiger charge is 2.43. The van der Waals surface area contributed by atoms with Crippen molar-refractivity contribution in [2.24, 2.45) is 5.73 Å². The SMILES string of the molecule is CN.Cc1ccc(C)c(-n2nc3nc(C(F)(F)F)nc(C(F)(F)F)c3c2N)c1. The van der Waals surface area contributed by atoms with Gasteiger partial charge in [0, 0.05) is 0 Å². The van der Waals surface area contributed by atoms with Crippen molar-refractivity contribution in [1.29, 1.82) is 0 Å². The summed E-state index contributed by atoms with van der Waals surface area (Å²) in [4.78, 5) is 5.79. The molecule has 0 saturated carbocycles. The minimum atomic E-state index is -5.16. The van der Waals surface area contributed by atoms with E-state index in [1.54, 1.807) is 32.0 Å². The van der Waals surface area contributed by atoms with Crippen molar-refractivity contribution < 1.29 is 26.3 Å². The van der Waals surface area contributed by atoms with E-state index in [9.17, 15) is 26.3 Å². The van der Waals surface area contributed by atoms with Crippen LogP contribution in [0.5, 0.6) is 0 Å². The quantitative estimate of drug-likeness (QED) is 0.602. The minimum absolute atomic E-state index is 0.335. The molecule has 0 atom stereocenters. The standard InChI is InChI=1S/C15H11F6N5.CH5N/c1-6-3-4-7(2)8(5-6)26-11(22)9-10(14(16,17)18)23-13(15(19,20)21)24-12(9)25-26;1-2/h3-5H,22H2,1-2H3;2H2,1H3. The maximum Gasteiger partial charge on any atom is 0.451 e. The van der Waals surface area contributed by atoms with E-state index < -0.39 is 40.7 Å². The summed E-state index contributed by atoms with van der Waals surface area (Å²) in [7, 11) is 1.50. The van der Waals surface area contributed by atoms with E-state index in [4.69, 9.17) is 5.73 Å². The minimum Gasteiger partial charge on any atom is -0.383 e. The maximum atomic E-state index is 13.3. The predicted molar refractivity (Wildman–Crippen MR) is 90.7 cm³/mol. The Hall–Kier alpha value is -2.89. The topological polar surface area (TPSA) is 95.6 Å². The lowest BCUT2D eigenvalue weighted by molar-refractivity contribution is -0.151. The molecule has 0 fully saturated rings. The molecule has 0 spiro atoms. The van der Waals surface area contributed by atoms with Crippen LogP contribution >= 0.6 is 0 Å². The van der Waals surface area contributed by atoms with Gasteiger partial charge in [-0.05, 0) is 38.1 Å². The molecule has 0 aliphatic heterocycles. The average molecular weight is 406 g/mol. The highest BCUT2D eigenvalue weighted by atomic mass is 19.4. The van der Waals surface area contributed by atoms with Gasteiger partial charge in [-0.2, -0.15) is 26.3 Å². The van der Waals surface area contributed by atoms with Crippen molar-refractivity contribution in [1.82, 2.24) is 19.7 Å². The summed E-state index contributed by atoms with van der Waals surface area (Å²) in [5.74, 6) is -2.42. The number of alkyl halides is 6. The van der Waals surface area contributed by atoms with Gasteiger partial charge in [-0.1, -0.05) is 12.1 Å². The molecule has 0 radical (unpaired) electrons. The first-order valence-corrected chi connectivity index (χ1v) is 7.75. The van der Waals surface area contributed by atoms with E-state index in [0.717, 1.165) is 10.2 Å². The fourth-order valence-corrected chi connectivity index (χ4v) is 2.47. The summed E-state index contributed by atoms with van der Waals surface area (Å²) in [6, 6.07) is 5.05. The highest BCUT2D eigenvalue weighted by Crippen LogP contribution is 2.38. The van der Waals surface area contributed by atoms with Crippen molar-refractivity contribution >= 4 is 16.9 Å². The number of benzene rings is 1. The fraction of sp³-hybridized carbons (Fsp3) is 0.312. The predicted octanol–water partition coefficient (Wildman–Crippen LogP) is 3.63. The van der Waals surface area contributed by atoms with Gasteiger partial charge < -0.3 is 11.5 Å². The molecule has 3 aromatic rings. The molecule has 0 amide bonds. The Labute approximate surface area is 155 Å². The Morgan fingerprint density at radius 1 is 0.929 bits per heavy atom. The molecule has 1 aromatic carbocycles. The molecule has 6 nitrogen and oxygen atoms in total. The number of hydrogen-bond acceptors (Lipinski definition) is 5. The number of rotatable bonds is 1. The molecular formula is C16H16F6N6. The monoisotopic (exact) mass is 406 g/mol. The number of hydrogen-bond donors (Lipinski definition) is 2. The van der Waals surface area contributed by atoms with Crippen LogP contribution in [0.2, 0.25) is 0 Å². The zero-order valence-electron chi connectivity index (χ0n) is 14.9. The second kappa shape index (κ2) is 7.26. The van der Waals surface area contributed by atoms with Crippen molar-refractivity contribution in [3.63, 3.8) is 0 Å². The van der Waals surface area contributed by atoms with Crippen LogP contribution in [0.15, 0.2) is 18.2 Å². The number of nitrogen functional groups attached to an aromatic ring is 1. The second-order valence-corrected chi connectivity index (χ2v) is 5.68. The first-order chi connectivity index (χ1) is 12.9. The first kappa shape index (κ1) is 21.4. The van der Waals surface area contributed by atoms with E-state index in [-0.39, 0.29) is 0 Å². The first-order valence-electron chi connectivity index (χ1n) is 7.75. The van der Waals surface area contributed by atoms with Crippen LogP contribution in [-0.2, 0) is 12.4 Å². The van der Waals surface area contributed by atoms with E-state index >= 15 is 0 Å². The summed E-state index contributed by atoms with van der Waals surface area (Å²) in [6.07, 6.45) is -10.3. The Morgan fingerprint density at radius 2 is 1.54 bits per heavy atom. The average Bonchev–Trinajstić information content (AvgIpc) is 2.93. The third-order valence-electron chi connectivity index (χ3n) is 3.68. The summed E-state index contributed by atoms with van der Waals surface area (Å²) in [5, 5.41) is 3.00. The van der Waals surface area contributed by atoms with Gasteiger partial charge in [0.1, 0.15) is 5.82 Å². The van der Waals surface area contributed by atoms with Gasteiger partial charge in [0.15, 0.2) is 11.3 Å². The third kappa shape index (κ3) is 3.86. The van der Waals surface area contributed by atoms with Gasteiger partial charge in [-0.25, -0.2) is 14.6 Å². The lowest BCUT2D eigenvalue weighted by atomic mass is 10.1. The lowest BCUT2D eigenvalue weighted by Crippen LogP contribution is -2.17. The number of anilines is 1. The van der Waals surface area contributed by atoms with Crippen LogP contribution in [0.1, 0.15) is 22.6 Å². The number of aromatic nitrogens is 4. The number of halogens is 6. The van der Waals surface area contributed by atoms with Crippen LogP contribution in [-0.4, -0.2) is 26.8 Å². The number of nitrogens with two attached hydrogens (primary N) is 2. The van der Waals surface area contributed by atoms with E-state index in [1.165, 1.54) is 7.05 Å². The number of aryl methyl sites for hydroxylation is 2. The second-order valence-electron chi connectivity index (χ2n) is 5.68.